The van der Waals surface area contributed by atoms with Crippen LogP contribution in [0, 0.1) is 0 Å². The Morgan fingerprint density at radius 3 is 3.00 bits per heavy atom. The lowest BCUT2D eigenvalue weighted by atomic mass is 10.1. The third kappa shape index (κ3) is 1.75. The SMILES string of the molecule is O=C1NCCN2c3c(cccc31)NC2c1ccc(Br)s1. The third-order valence-electron chi connectivity index (χ3n) is 3.67. The van der Waals surface area contributed by atoms with E-state index in [1.54, 1.807) is 11.3 Å². The zero-order chi connectivity index (χ0) is 13.7. The number of benzene rings is 1. The molecule has 4 nitrogen and oxygen atoms in total. The van der Waals surface area contributed by atoms with Gasteiger partial charge in [-0.25, -0.2) is 0 Å². The molecule has 1 atom stereocenters. The first-order valence-corrected chi connectivity index (χ1v) is 8.04. The van der Waals surface area contributed by atoms with E-state index in [2.05, 4.69) is 43.6 Å². The fraction of sp³-hybridized carbons (Fsp3) is 0.214. The summed E-state index contributed by atoms with van der Waals surface area (Å²) in [5, 5.41) is 6.48. The molecular weight excluding hydrogens is 338 g/mol. The minimum absolute atomic E-state index is 0.0131. The van der Waals surface area contributed by atoms with Crippen LogP contribution in [0.5, 0.6) is 0 Å². The van der Waals surface area contributed by atoms with Crippen LogP contribution in [0.25, 0.3) is 0 Å². The first-order chi connectivity index (χ1) is 9.74. The van der Waals surface area contributed by atoms with Crippen molar-refractivity contribution in [2.24, 2.45) is 0 Å². The van der Waals surface area contributed by atoms with Crippen LogP contribution >= 0.6 is 27.3 Å². The Morgan fingerprint density at radius 1 is 1.30 bits per heavy atom. The number of hydrogen-bond acceptors (Lipinski definition) is 4. The lowest BCUT2D eigenvalue weighted by Gasteiger charge is -2.25. The Morgan fingerprint density at radius 2 is 2.20 bits per heavy atom. The molecule has 2 aliphatic rings. The monoisotopic (exact) mass is 349 g/mol. The smallest absolute Gasteiger partial charge is 0.253 e. The number of para-hydroxylation sites is 1. The van der Waals surface area contributed by atoms with E-state index in [1.807, 2.05) is 18.2 Å². The fourth-order valence-electron chi connectivity index (χ4n) is 2.83. The number of carbonyl (C=O) groups excluding carboxylic acids is 1. The molecule has 0 saturated heterocycles. The zero-order valence-electron chi connectivity index (χ0n) is 10.5. The van der Waals surface area contributed by atoms with Crippen LogP contribution in [0.2, 0.25) is 0 Å². The summed E-state index contributed by atoms with van der Waals surface area (Å²) in [4.78, 5) is 15.6. The molecule has 4 rings (SSSR count). The van der Waals surface area contributed by atoms with Gasteiger partial charge in [0.05, 0.1) is 20.7 Å². The second kappa shape index (κ2) is 4.49. The zero-order valence-corrected chi connectivity index (χ0v) is 12.9. The Labute approximate surface area is 128 Å². The van der Waals surface area contributed by atoms with Crippen molar-refractivity contribution < 1.29 is 4.79 Å². The van der Waals surface area contributed by atoms with Crippen molar-refractivity contribution in [1.29, 1.82) is 0 Å². The Hall–Kier alpha value is -1.53. The predicted molar refractivity (Wildman–Crippen MR) is 84.5 cm³/mol. The molecule has 1 unspecified atom stereocenters. The number of amides is 1. The van der Waals surface area contributed by atoms with Gasteiger partial charge >= 0.3 is 0 Å². The number of thiophene rings is 1. The summed E-state index contributed by atoms with van der Waals surface area (Å²) in [6.07, 6.45) is 0.107. The maximum absolute atomic E-state index is 12.1. The van der Waals surface area contributed by atoms with Crippen LogP contribution in [0.15, 0.2) is 34.1 Å². The Kier molecular flexibility index (Phi) is 2.75. The molecule has 2 aromatic rings. The number of rotatable bonds is 1. The molecule has 0 saturated carbocycles. The molecule has 2 N–H and O–H groups in total. The van der Waals surface area contributed by atoms with E-state index in [0.29, 0.717) is 6.54 Å². The van der Waals surface area contributed by atoms with Gasteiger partial charge in [0.25, 0.3) is 5.91 Å². The molecule has 6 heteroatoms. The average Bonchev–Trinajstić information content (AvgIpc) is 2.97. The molecule has 0 aliphatic carbocycles. The molecule has 0 bridgehead atoms. The highest BCUT2D eigenvalue weighted by atomic mass is 79.9. The largest absolute Gasteiger partial charge is 0.359 e. The standard InChI is InChI=1S/C14H12BrN3OS/c15-11-5-4-10(20-11)13-17-9-3-1-2-8-12(9)18(13)7-6-16-14(8)19/h1-5,13,17H,6-7H2,(H,16,19). The molecule has 3 heterocycles. The highest BCUT2D eigenvalue weighted by Gasteiger charge is 2.35. The minimum Gasteiger partial charge on any atom is -0.359 e. The maximum Gasteiger partial charge on any atom is 0.253 e. The molecule has 1 amide bonds. The van der Waals surface area contributed by atoms with Crippen LogP contribution in [-0.2, 0) is 0 Å². The molecule has 102 valence electrons. The van der Waals surface area contributed by atoms with E-state index in [9.17, 15) is 4.79 Å². The van der Waals surface area contributed by atoms with Crippen LogP contribution in [-0.4, -0.2) is 19.0 Å². The number of nitrogens with one attached hydrogen (secondary N) is 2. The van der Waals surface area contributed by atoms with Crippen LogP contribution in [0.4, 0.5) is 11.4 Å². The van der Waals surface area contributed by atoms with Crippen LogP contribution in [0.3, 0.4) is 0 Å². The van der Waals surface area contributed by atoms with Gasteiger partial charge in [-0.2, -0.15) is 0 Å². The molecule has 0 spiro atoms. The summed E-state index contributed by atoms with van der Waals surface area (Å²) < 4.78 is 1.12. The van der Waals surface area contributed by atoms with Gasteiger partial charge in [0.15, 0.2) is 0 Å². The van der Waals surface area contributed by atoms with E-state index in [1.165, 1.54) is 4.88 Å². The fourth-order valence-corrected chi connectivity index (χ4v) is 4.32. The van der Waals surface area contributed by atoms with Gasteiger partial charge in [0.1, 0.15) is 6.17 Å². The lowest BCUT2D eigenvalue weighted by molar-refractivity contribution is 0.0958. The van der Waals surface area contributed by atoms with Crippen molar-refractivity contribution >= 4 is 44.5 Å². The highest BCUT2D eigenvalue weighted by Crippen LogP contribution is 2.45. The summed E-state index contributed by atoms with van der Waals surface area (Å²) >= 11 is 5.23. The summed E-state index contributed by atoms with van der Waals surface area (Å²) in [5.74, 6) is 0.0131. The van der Waals surface area contributed by atoms with E-state index in [-0.39, 0.29) is 12.1 Å². The minimum atomic E-state index is 0.0131. The summed E-state index contributed by atoms with van der Waals surface area (Å²) in [6.45, 7) is 1.47. The van der Waals surface area contributed by atoms with E-state index in [0.717, 1.165) is 27.3 Å². The summed E-state index contributed by atoms with van der Waals surface area (Å²) in [6, 6.07) is 10.0. The Balaban J connectivity index is 1.84. The number of halogens is 1. The van der Waals surface area contributed by atoms with Gasteiger partial charge in [-0.15, -0.1) is 11.3 Å². The number of nitrogens with zero attached hydrogens (tertiary/aromatic N) is 1. The summed E-state index contributed by atoms with van der Waals surface area (Å²) in [7, 11) is 0. The van der Waals surface area contributed by atoms with Gasteiger partial charge in [-0.3, -0.25) is 4.79 Å². The second-order valence-electron chi connectivity index (χ2n) is 4.84. The lowest BCUT2D eigenvalue weighted by Crippen LogP contribution is -2.32. The van der Waals surface area contributed by atoms with Gasteiger partial charge in [-0.05, 0) is 40.2 Å². The normalized spacial score (nSPS) is 20.1. The van der Waals surface area contributed by atoms with Gasteiger partial charge in [0, 0.05) is 18.0 Å². The van der Waals surface area contributed by atoms with Gasteiger partial charge < -0.3 is 15.5 Å². The molecule has 0 fully saturated rings. The van der Waals surface area contributed by atoms with Crippen LogP contribution in [0.1, 0.15) is 21.4 Å². The van der Waals surface area contributed by atoms with Gasteiger partial charge in [0.2, 0.25) is 0 Å². The van der Waals surface area contributed by atoms with Crippen molar-refractivity contribution in [2.75, 3.05) is 23.3 Å². The van der Waals surface area contributed by atoms with Crippen molar-refractivity contribution in [3.05, 3.63) is 44.6 Å². The molecule has 1 aromatic heterocycles. The highest BCUT2D eigenvalue weighted by molar-refractivity contribution is 9.11. The van der Waals surface area contributed by atoms with Gasteiger partial charge in [-0.1, -0.05) is 6.07 Å². The third-order valence-corrected chi connectivity index (χ3v) is 5.35. The molecule has 0 radical (unpaired) electrons. The number of hydrogen-bond donors (Lipinski definition) is 2. The predicted octanol–water partition coefficient (Wildman–Crippen LogP) is 3.18. The maximum atomic E-state index is 12.1. The molecule has 1 aromatic carbocycles. The topological polar surface area (TPSA) is 44.4 Å². The van der Waals surface area contributed by atoms with E-state index >= 15 is 0 Å². The number of anilines is 2. The second-order valence-corrected chi connectivity index (χ2v) is 7.33. The summed E-state index contributed by atoms with van der Waals surface area (Å²) in [5.41, 5.74) is 2.82. The number of carbonyl (C=O) groups is 1. The first kappa shape index (κ1) is 12.2. The van der Waals surface area contributed by atoms with E-state index in [4.69, 9.17) is 0 Å². The Bertz CT molecular complexity index is 699. The van der Waals surface area contributed by atoms with Crippen molar-refractivity contribution in [3.8, 4) is 0 Å². The quantitative estimate of drug-likeness (QED) is 0.830. The van der Waals surface area contributed by atoms with E-state index < -0.39 is 0 Å². The van der Waals surface area contributed by atoms with Crippen molar-refractivity contribution in [3.63, 3.8) is 0 Å². The molecular formula is C14H12BrN3OS. The van der Waals surface area contributed by atoms with Crippen molar-refractivity contribution in [1.82, 2.24) is 5.32 Å². The molecule has 20 heavy (non-hydrogen) atoms. The van der Waals surface area contributed by atoms with Crippen LogP contribution < -0.4 is 15.5 Å². The molecule has 2 aliphatic heterocycles. The van der Waals surface area contributed by atoms with Crippen molar-refractivity contribution in [2.45, 2.75) is 6.17 Å². The average molecular weight is 350 g/mol. The first-order valence-electron chi connectivity index (χ1n) is 6.43.